The summed E-state index contributed by atoms with van der Waals surface area (Å²) >= 11 is 0. The van der Waals surface area contributed by atoms with Crippen LogP contribution in [0.25, 0.3) is 0 Å². The fourth-order valence-electron chi connectivity index (χ4n) is 2.00. The molecule has 1 amide bonds. The molecule has 1 aromatic carbocycles. The van der Waals surface area contributed by atoms with Crippen LogP contribution in [0.1, 0.15) is 21.6 Å². The van der Waals surface area contributed by atoms with Gasteiger partial charge in [0.15, 0.2) is 0 Å². The molecule has 0 aliphatic carbocycles. The number of aryl methyl sites for hydroxylation is 3. The number of anilines is 2. The highest BCUT2D eigenvalue weighted by Crippen LogP contribution is 2.18. The summed E-state index contributed by atoms with van der Waals surface area (Å²) in [6, 6.07) is 5.58. The van der Waals surface area contributed by atoms with E-state index in [4.69, 9.17) is 0 Å². The van der Waals surface area contributed by atoms with Crippen molar-refractivity contribution < 1.29 is 4.79 Å². The molecule has 2 aromatic rings. The third-order valence-electron chi connectivity index (χ3n) is 3.02. The maximum atomic E-state index is 12.2. The molecular formula is C14H18N4O. The van der Waals surface area contributed by atoms with Crippen molar-refractivity contribution in [3.63, 3.8) is 0 Å². The fourth-order valence-corrected chi connectivity index (χ4v) is 2.00. The van der Waals surface area contributed by atoms with Crippen molar-refractivity contribution >= 4 is 17.3 Å². The molecular weight excluding hydrogens is 240 g/mol. The first-order valence-corrected chi connectivity index (χ1v) is 6.11. The Kier molecular flexibility index (Phi) is 3.55. The Balaban J connectivity index is 2.20. The van der Waals surface area contributed by atoms with E-state index in [1.165, 1.54) is 0 Å². The Morgan fingerprint density at radius 1 is 1.26 bits per heavy atom. The number of carbonyl (C=O) groups excluding carboxylic acids is 1. The van der Waals surface area contributed by atoms with Gasteiger partial charge in [0.1, 0.15) is 0 Å². The van der Waals surface area contributed by atoms with Crippen molar-refractivity contribution in [3.8, 4) is 0 Å². The molecule has 0 bridgehead atoms. The maximum absolute atomic E-state index is 12.2. The molecule has 2 rings (SSSR count). The quantitative estimate of drug-likeness (QED) is 0.888. The van der Waals surface area contributed by atoms with Gasteiger partial charge < -0.3 is 10.6 Å². The van der Waals surface area contributed by atoms with E-state index in [1.807, 2.05) is 40.1 Å². The Morgan fingerprint density at radius 3 is 2.53 bits per heavy atom. The minimum Gasteiger partial charge on any atom is -0.388 e. The molecule has 5 heteroatoms. The molecule has 0 aliphatic heterocycles. The molecule has 0 unspecified atom stereocenters. The van der Waals surface area contributed by atoms with Crippen LogP contribution < -0.4 is 10.6 Å². The van der Waals surface area contributed by atoms with Gasteiger partial charge in [-0.1, -0.05) is 0 Å². The standard InChI is InChI=1S/C14H18N4O/c1-9-7-11(5-6-12(9)15-3)14(19)16-13-8-18(4)17-10(13)2/h5-8,15H,1-4H3,(H,16,19). The predicted molar refractivity (Wildman–Crippen MR) is 76.6 cm³/mol. The molecule has 0 aliphatic rings. The van der Waals surface area contributed by atoms with E-state index < -0.39 is 0 Å². The van der Waals surface area contributed by atoms with Crippen LogP contribution in [0.5, 0.6) is 0 Å². The lowest BCUT2D eigenvalue weighted by Gasteiger charge is -2.08. The highest BCUT2D eigenvalue weighted by Gasteiger charge is 2.10. The third kappa shape index (κ3) is 2.76. The number of nitrogens with zero attached hydrogens (tertiary/aromatic N) is 2. The topological polar surface area (TPSA) is 59.0 Å². The van der Waals surface area contributed by atoms with Crippen LogP contribution in [0.3, 0.4) is 0 Å². The highest BCUT2D eigenvalue weighted by molar-refractivity contribution is 6.04. The van der Waals surface area contributed by atoms with Gasteiger partial charge >= 0.3 is 0 Å². The molecule has 0 atom stereocenters. The second-order valence-corrected chi connectivity index (χ2v) is 4.54. The number of amides is 1. The van der Waals surface area contributed by atoms with Gasteiger partial charge in [0.25, 0.3) is 5.91 Å². The molecule has 19 heavy (non-hydrogen) atoms. The number of nitrogens with one attached hydrogen (secondary N) is 2. The summed E-state index contributed by atoms with van der Waals surface area (Å²) in [4.78, 5) is 12.2. The van der Waals surface area contributed by atoms with Crippen LogP contribution >= 0.6 is 0 Å². The van der Waals surface area contributed by atoms with E-state index in [0.29, 0.717) is 5.56 Å². The molecule has 0 saturated carbocycles. The average molecular weight is 258 g/mol. The minimum absolute atomic E-state index is 0.123. The van der Waals surface area contributed by atoms with Gasteiger partial charge in [0.2, 0.25) is 0 Å². The van der Waals surface area contributed by atoms with Gasteiger partial charge in [-0.25, -0.2) is 0 Å². The summed E-state index contributed by atoms with van der Waals surface area (Å²) in [5.74, 6) is -0.123. The molecule has 2 N–H and O–H groups in total. The van der Waals surface area contributed by atoms with Crippen LogP contribution in [0.15, 0.2) is 24.4 Å². The largest absolute Gasteiger partial charge is 0.388 e. The Bertz CT molecular complexity index is 616. The number of benzene rings is 1. The summed E-state index contributed by atoms with van der Waals surface area (Å²) in [5, 5.41) is 10.1. The van der Waals surface area contributed by atoms with E-state index in [9.17, 15) is 4.79 Å². The molecule has 1 heterocycles. The molecule has 0 spiro atoms. The minimum atomic E-state index is -0.123. The van der Waals surface area contributed by atoms with Crippen molar-refractivity contribution in [2.45, 2.75) is 13.8 Å². The molecule has 0 radical (unpaired) electrons. The smallest absolute Gasteiger partial charge is 0.255 e. The Labute approximate surface area is 112 Å². The van der Waals surface area contributed by atoms with E-state index in [0.717, 1.165) is 22.6 Å². The molecule has 1 aromatic heterocycles. The second kappa shape index (κ2) is 5.14. The third-order valence-corrected chi connectivity index (χ3v) is 3.02. The fraction of sp³-hybridized carbons (Fsp3) is 0.286. The van der Waals surface area contributed by atoms with Crippen molar-refractivity contribution in [2.24, 2.45) is 7.05 Å². The van der Waals surface area contributed by atoms with Crippen LogP contribution in [0.4, 0.5) is 11.4 Å². The van der Waals surface area contributed by atoms with Gasteiger partial charge in [-0.3, -0.25) is 9.48 Å². The van der Waals surface area contributed by atoms with Crippen molar-refractivity contribution in [1.82, 2.24) is 9.78 Å². The lowest BCUT2D eigenvalue weighted by atomic mass is 10.1. The SMILES string of the molecule is CNc1ccc(C(=O)Nc2cn(C)nc2C)cc1C. The highest BCUT2D eigenvalue weighted by atomic mass is 16.1. The first-order chi connectivity index (χ1) is 9.01. The van der Waals surface area contributed by atoms with E-state index in [1.54, 1.807) is 16.9 Å². The van der Waals surface area contributed by atoms with Crippen LogP contribution in [-0.2, 0) is 7.05 Å². The summed E-state index contributed by atoms with van der Waals surface area (Å²) in [7, 11) is 3.69. The maximum Gasteiger partial charge on any atom is 0.255 e. The molecule has 0 fully saturated rings. The van der Waals surface area contributed by atoms with Crippen molar-refractivity contribution in [1.29, 1.82) is 0 Å². The van der Waals surface area contributed by atoms with E-state index in [-0.39, 0.29) is 5.91 Å². The first-order valence-electron chi connectivity index (χ1n) is 6.11. The van der Waals surface area contributed by atoms with Gasteiger partial charge in [0.05, 0.1) is 11.4 Å². The lowest BCUT2D eigenvalue weighted by Crippen LogP contribution is -2.12. The Hall–Kier alpha value is -2.30. The van der Waals surface area contributed by atoms with Crippen molar-refractivity contribution in [2.75, 3.05) is 17.7 Å². The summed E-state index contributed by atoms with van der Waals surface area (Å²) in [6.07, 6.45) is 1.79. The molecule has 5 nitrogen and oxygen atoms in total. The average Bonchev–Trinajstić information content (AvgIpc) is 2.67. The molecule has 0 saturated heterocycles. The predicted octanol–water partition coefficient (Wildman–Crippen LogP) is 2.33. The van der Waals surface area contributed by atoms with Crippen LogP contribution in [0, 0.1) is 13.8 Å². The van der Waals surface area contributed by atoms with E-state index >= 15 is 0 Å². The van der Waals surface area contributed by atoms with Gasteiger partial charge in [-0.15, -0.1) is 0 Å². The zero-order valence-electron chi connectivity index (χ0n) is 11.6. The zero-order valence-corrected chi connectivity index (χ0v) is 11.6. The van der Waals surface area contributed by atoms with Crippen LogP contribution in [0.2, 0.25) is 0 Å². The lowest BCUT2D eigenvalue weighted by molar-refractivity contribution is 0.102. The number of carbonyl (C=O) groups is 1. The van der Waals surface area contributed by atoms with E-state index in [2.05, 4.69) is 15.7 Å². The summed E-state index contributed by atoms with van der Waals surface area (Å²) in [5.41, 5.74) is 4.24. The normalized spacial score (nSPS) is 10.3. The molecule has 100 valence electrons. The van der Waals surface area contributed by atoms with Crippen LogP contribution in [-0.4, -0.2) is 22.7 Å². The van der Waals surface area contributed by atoms with Crippen molar-refractivity contribution in [3.05, 3.63) is 41.2 Å². The number of aromatic nitrogens is 2. The summed E-state index contributed by atoms with van der Waals surface area (Å²) in [6.45, 7) is 3.84. The van der Waals surface area contributed by atoms with Gasteiger partial charge in [-0.05, 0) is 37.6 Å². The monoisotopic (exact) mass is 258 g/mol. The summed E-state index contributed by atoms with van der Waals surface area (Å²) < 4.78 is 1.68. The number of rotatable bonds is 3. The first kappa shape index (κ1) is 13.1. The number of hydrogen-bond donors (Lipinski definition) is 2. The number of hydrogen-bond acceptors (Lipinski definition) is 3. The second-order valence-electron chi connectivity index (χ2n) is 4.54. The van der Waals surface area contributed by atoms with Gasteiger partial charge in [-0.2, -0.15) is 5.10 Å². The zero-order chi connectivity index (χ0) is 14.0. The Morgan fingerprint density at radius 2 is 2.00 bits per heavy atom. The van der Waals surface area contributed by atoms with Gasteiger partial charge in [0, 0.05) is 31.5 Å².